The van der Waals surface area contributed by atoms with Crippen molar-refractivity contribution in [2.24, 2.45) is 5.92 Å². The van der Waals surface area contributed by atoms with Gasteiger partial charge in [-0.1, -0.05) is 29.5 Å². The molecular formula is C19H23N3O3S. The first-order valence-corrected chi connectivity index (χ1v) is 9.71. The lowest BCUT2D eigenvalue weighted by molar-refractivity contribution is -0.134. The second-order valence-corrected chi connectivity index (χ2v) is 7.40. The summed E-state index contributed by atoms with van der Waals surface area (Å²) in [5, 5.41) is 4.72. The molecule has 1 aromatic carbocycles. The standard InChI is InChI=1S/C19H23N3O3S/c1-14-13-26-19(25)22(14)11-9-17(23)21-10-5-6-15(12-21)18(24)20-16-7-3-2-4-8-16/h2-4,7-8,13,15H,5-6,9-12H2,1H3,(H,20,24)/t15-/m1/s1. The van der Waals surface area contributed by atoms with Gasteiger partial charge in [-0.2, -0.15) is 0 Å². The number of para-hydroxylation sites is 1. The van der Waals surface area contributed by atoms with Crippen LogP contribution in [0, 0.1) is 12.8 Å². The van der Waals surface area contributed by atoms with E-state index >= 15 is 0 Å². The highest BCUT2D eigenvalue weighted by atomic mass is 32.1. The Labute approximate surface area is 156 Å². The molecule has 0 bridgehead atoms. The maximum atomic E-state index is 12.5. The van der Waals surface area contributed by atoms with Crippen molar-refractivity contribution in [1.29, 1.82) is 0 Å². The Bertz CT molecular complexity index is 828. The van der Waals surface area contributed by atoms with Crippen molar-refractivity contribution < 1.29 is 9.59 Å². The Morgan fingerprint density at radius 1 is 1.27 bits per heavy atom. The van der Waals surface area contributed by atoms with Crippen LogP contribution in [0.3, 0.4) is 0 Å². The minimum atomic E-state index is -0.196. The van der Waals surface area contributed by atoms with Crippen LogP contribution < -0.4 is 10.2 Å². The molecule has 7 heteroatoms. The van der Waals surface area contributed by atoms with Gasteiger partial charge in [0, 0.05) is 42.8 Å². The van der Waals surface area contributed by atoms with Crippen LogP contribution in [0.15, 0.2) is 40.5 Å². The zero-order valence-corrected chi connectivity index (χ0v) is 15.6. The number of thiazole rings is 1. The Morgan fingerprint density at radius 3 is 2.73 bits per heavy atom. The van der Waals surface area contributed by atoms with Gasteiger partial charge in [0.05, 0.1) is 5.92 Å². The molecule has 0 aliphatic carbocycles. The number of carbonyl (C=O) groups excluding carboxylic acids is 2. The molecule has 2 heterocycles. The van der Waals surface area contributed by atoms with Crippen LogP contribution in [0.4, 0.5) is 5.69 Å². The first-order valence-electron chi connectivity index (χ1n) is 8.83. The molecule has 0 radical (unpaired) electrons. The van der Waals surface area contributed by atoms with Gasteiger partial charge in [-0.05, 0) is 31.9 Å². The summed E-state index contributed by atoms with van der Waals surface area (Å²) in [6, 6.07) is 9.35. The minimum absolute atomic E-state index is 0.000267. The summed E-state index contributed by atoms with van der Waals surface area (Å²) in [5.74, 6) is -0.239. The van der Waals surface area contributed by atoms with Crippen LogP contribution in [0.25, 0.3) is 0 Å². The SMILES string of the molecule is Cc1csc(=O)n1CCC(=O)N1CCC[C@@H](C(=O)Nc2ccccc2)C1. The van der Waals surface area contributed by atoms with Crippen LogP contribution in [0.1, 0.15) is 25.0 Å². The van der Waals surface area contributed by atoms with E-state index in [0.29, 0.717) is 19.6 Å². The van der Waals surface area contributed by atoms with Crippen molar-refractivity contribution in [3.63, 3.8) is 0 Å². The average molecular weight is 373 g/mol. The fourth-order valence-corrected chi connectivity index (χ4v) is 3.98. The number of anilines is 1. The Kier molecular flexibility index (Phi) is 5.88. The topological polar surface area (TPSA) is 71.4 Å². The van der Waals surface area contributed by atoms with Gasteiger partial charge in [-0.25, -0.2) is 0 Å². The summed E-state index contributed by atoms with van der Waals surface area (Å²) in [6.07, 6.45) is 1.88. The van der Waals surface area contributed by atoms with Gasteiger partial charge in [0.15, 0.2) is 0 Å². The van der Waals surface area contributed by atoms with Crippen LogP contribution in [-0.4, -0.2) is 34.4 Å². The van der Waals surface area contributed by atoms with Crippen LogP contribution in [0.5, 0.6) is 0 Å². The lowest BCUT2D eigenvalue weighted by atomic mass is 9.96. The van der Waals surface area contributed by atoms with Gasteiger partial charge in [0.1, 0.15) is 0 Å². The van der Waals surface area contributed by atoms with E-state index in [-0.39, 0.29) is 29.0 Å². The van der Waals surface area contributed by atoms with Gasteiger partial charge in [0.2, 0.25) is 11.8 Å². The molecule has 1 aliphatic rings. The molecule has 0 saturated carbocycles. The first-order chi connectivity index (χ1) is 12.5. The second-order valence-electron chi connectivity index (χ2n) is 6.58. The zero-order valence-electron chi connectivity index (χ0n) is 14.8. The maximum Gasteiger partial charge on any atom is 0.307 e. The highest BCUT2D eigenvalue weighted by Crippen LogP contribution is 2.19. The number of carbonyl (C=O) groups is 2. The molecule has 26 heavy (non-hydrogen) atoms. The van der Waals surface area contributed by atoms with Crippen molar-refractivity contribution in [2.75, 3.05) is 18.4 Å². The molecule has 1 aliphatic heterocycles. The largest absolute Gasteiger partial charge is 0.342 e. The molecule has 0 spiro atoms. The Balaban J connectivity index is 1.55. The van der Waals surface area contributed by atoms with E-state index in [1.54, 1.807) is 14.8 Å². The number of nitrogens with one attached hydrogen (secondary N) is 1. The smallest absolute Gasteiger partial charge is 0.307 e. The molecule has 0 unspecified atom stereocenters. The third-order valence-corrected chi connectivity index (χ3v) is 5.59. The molecule has 2 aromatic rings. The molecule has 1 N–H and O–H groups in total. The summed E-state index contributed by atoms with van der Waals surface area (Å²) >= 11 is 1.15. The first kappa shape index (κ1) is 18.4. The molecule has 6 nitrogen and oxygen atoms in total. The summed E-state index contributed by atoms with van der Waals surface area (Å²) in [7, 11) is 0. The second kappa shape index (κ2) is 8.31. The highest BCUT2D eigenvalue weighted by Gasteiger charge is 2.28. The zero-order chi connectivity index (χ0) is 18.5. The quantitative estimate of drug-likeness (QED) is 0.875. The lowest BCUT2D eigenvalue weighted by Crippen LogP contribution is -2.44. The van der Waals surface area contributed by atoms with E-state index in [4.69, 9.17) is 0 Å². The molecule has 3 rings (SSSR count). The maximum absolute atomic E-state index is 12.5. The van der Waals surface area contributed by atoms with E-state index in [2.05, 4.69) is 5.32 Å². The Morgan fingerprint density at radius 2 is 2.04 bits per heavy atom. The number of aryl methyl sites for hydroxylation is 1. The van der Waals surface area contributed by atoms with Crippen molar-refractivity contribution in [1.82, 2.24) is 9.47 Å². The van der Waals surface area contributed by atoms with Crippen molar-refractivity contribution in [3.8, 4) is 0 Å². The number of amides is 2. The third-order valence-electron chi connectivity index (χ3n) is 4.71. The molecular weight excluding hydrogens is 350 g/mol. The summed E-state index contributed by atoms with van der Waals surface area (Å²) < 4.78 is 1.63. The summed E-state index contributed by atoms with van der Waals surface area (Å²) in [5.41, 5.74) is 1.65. The van der Waals surface area contributed by atoms with E-state index < -0.39 is 0 Å². The van der Waals surface area contributed by atoms with E-state index in [1.165, 1.54) is 0 Å². The van der Waals surface area contributed by atoms with Crippen molar-refractivity contribution >= 4 is 28.8 Å². The molecule has 1 saturated heterocycles. The number of nitrogens with zero attached hydrogens (tertiary/aromatic N) is 2. The fourth-order valence-electron chi connectivity index (χ4n) is 3.22. The fraction of sp³-hybridized carbons (Fsp3) is 0.421. The van der Waals surface area contributed by atoms with Gasteiger partial charge in [-0.3, -0.25) is 14.4 Å². The molecule has 1 atom stereocenters. The summed E-state index contributed by atoms with van der Waals surface area (Å²) in [6.45, 7) is 3.37. The monoisotopic (exact) mass is 373 g/mol. The molecule has 138 valence electrons. The number of aromatic nitrogens is 1. The van der Waals surface area contributed by atoms with Crippen LogP contribution in [0.2, 0.25) is 0 Å². The third kappa shape index (κ3) is 4.40. The number of hydrogen-bond donors (Lipinski definition) is 1. The van der Waals surface area contributed by atoms with Crippen molar-refractivity contribution in [3.05, 3.63) is 51.1 Å². The number of piperidine rings is 1. The van der Waals surface area contributed by atoms with Crippen molar-refractivity contribution in [2.45, 2.75) is 32.7 Å². The van der Waals surface area contributed by atoms with Gasteiger partial charge < -0.3 is 14.8 Å². The van der Waals surface area contributed by atoms with Crippen LogP contribution in [-0.2, 0) is 16.1 Å². The predicted octanol–water partition coefficient (Wildman–Crippen LogP) is 2.49. The van der Waals surface area contributed by atoms with Crippen LogP contribution >= 0.6 is 11.3 Å². The molecule has 1 fully saturated rings. The highest BCUT2D eigenvalue weighted by molar-refractivity contribution is 7.07. The van der Waals surface area contributed by atoms with E-state index in [1.807, 2.05) is 37.3 Å². The molecule has 1 aromatic heterocycles. The van der Waals surface area contributed by atoms with E-state index in [0.717, 1.165) is 35.6 Å². The predicted molar refractivity (Wildman–Crippen MR) is 102 cm³/mol. The number of rotatable bonds is 5. The van der Waals surface area contributed by atoms with Gasteiger partial charge in [-0.15, -0.1) is 0 Å². The number of benzene rings is 1. The van der Waals surface area contributed by atoms with Gasteiger partial charge in [0.25, 0.3) is 0 Å². The Hall–Kier alpha value is -2.41. The minimum Gasteiger partial charge on any atom is -0.342 e. The number of hydrogen-bond acceptors (Lipinski definition) is 4. The van der Waals surface area contributed by atoms with Gasteiger partial charge >= 0.3 is 4.87 Å². The molecule has 2 amide bonds. The van der Waals surface area contributed by atoms with E-state index in [9.17, 15) is 14.4 Å². The lowest BCUT2D eigenvalue weighted by Gasteiger charge is -2.32. The summed E-state index contributed by atoms with van der Waals surface area (Å²) in [4.78, 5) is 38.5. The average Bonchev–Trinajstić information content (AvgIpc) is 2.98. The normalized spacial score (nSPS) is 17.1. The number of likely N-dealkylation sites (tertiary alicyclic amines) is 1.